The van der Waals surface area contributed by atoms with Crippen LogP contribution in [0.15, 0.2) is 74.5 Å². The van der Waals surface area contributed by atoms with Gasteiger partial charge in [-0.1, -0.05) is 28.1 Å². The number of carbonyl (C=O) groups is 2. The Morgan fingerprint density at radius 1 is 0.971 bits per heavy atom. The first-order valence-corrected chi connectivity index (χ1v) is 12.9. The highest BCUT2D eigenvalue weighted by atomic mass is 79.9. The van der Waals surface area contributed by atoms with Gasteiger partial charge in [0, 0.05) is 40.8 Å². The van der Waals surface area contributed by atoms with Gasteiger partial charge < -0.3 is 15.3 Å². The minimum Gasteiger partial charge on any atom is -0.478 e. The van der Waals surface area contributed by atoms with Crippen LogP contribution in [0, 0.1) is 0 Å². The van der Waals surface area contributed by atoms with Gasteiger partial charge in [0.15, 0.2) is 0 Å². The number of sulfonamides is 1. The van der Waals surface area contributed by atoms with Crippen LogP contribution in [0.25, 0.3) is 0 Å². The molecular weight excluding hydrogens is 590 g/mol. The number of anilines is 2. The molecule has 0 radical (unpaired) electrons. The summed E-state index contributed by atoms with van der Waals surface area (Å²) < 4.78 is 29.3. The molecule has 1 amide bonds. The first kappa shape index (κ1) is 25.9. The summed E-state index contributed by atoms with van der Waals surface area (Å²) in [6.07, 6.45) is 0. The molecule has 8 nitrogen and oxygen atoms in total. The average molecular weight is 611 g/mol. The zero-order valence-electron chi connectivity index (χ0n) is 18.2. The van der Waals surface area contributed by atoms with E-state index in [1.165, 1.54) is 30.3 Å². The van der Waals surface area contributed by atoms with E-state index < -0.39 is 21.9 Å². The Kier molecular flexibility index (Phi) is 8.13. The SMILES string of the molecule is CN(C)c1ccc(CNS(=O)(=O)c2cc(C(=O)Nc3ccc(Br)cc3C(=O)O)ccc2Br)cc1. The molecule has 178 valence electrons. The third-order valence-electron chi connectivity index (χ3n) is 4.86. The third-order valence-corrected chi connectivity index (χ3v) is 7.75. The van der Waals surface area contributed by atoms with E-state index in [1.54, 1.807) is 6.07 Å². The summed E-state index contributed by atoms with van der Waals surface area (Å²) in [5.41, 5.74) is 1.81. The lowest BCUT2D eigenvalue weighted by Crippen LogP contribution is -2.24. The zero-order valence-corrected chi connectivity index (χ0v) is 22.2. The molecule has 3 rings (SSSR count). The number of halogens is 2. The van der Waals surface area contributed by atoms with Gasteiger partial charge in [-0.05, 0) is 70.0 Å². The van der Waals surface area contributed by atoms with Gasteiger partial charge in [-0.3, -0.25) is 4.79 Å². The molecule has 3 aromatic carbocycles. The van der Waals surface area contributed by atoms with E-state index in [4.69, 9.17) is 0 Å². The van der Waals surface area contributed by atoms with Gasteiger partial charge >= 0.3 is 5.97 Å². The fourth-order valence-electron chi connectivity index (χ4n) is 3.02. The molecule has 3 N–H and O–H groups in total. The number of hydrogen-bond donors (Lipinski definition) is 3. The van der Waals surface area contributed by atoms with E-state index in [-0.39, 0.29) is 32.7 Å². The molecule has 3 aromatic rings. The van der Waals surface area contributed by atoms with Gasteiger partial charge in [0.2, 0.25) is 10.0 Å². The monoisotopic (exact) mass is 609 g/mol. The molecule has 0 saturated heterocycles. The molecule has 0 fully saturated rings. The van der Waals surface area contributed by atoms with E-state index in [0.29, 0.717) is 4.47 Å². The van der Waals surface area contributed by atoms with Gasteiger partial charge in [0.1, 0.15) is 0 Å². The lowest BCUT2D eigenvalue weighted by molar-refractivity contribution is 0.0698. The van der Waals surface area contributed by atoms with Crippen molar-refractivity contribution in [3.63, 3.8) is 0 Å². The largest absolute Gasteiger partial charge is 0.478 e. The summed E-state index contributed by atoms with van der Waals surface area (Å²) in [5.74, 6) is -1.86. The first-order chi connectivity index (χ1) is 16.0. The van der Waals surface area contributed by atoms with Crippen LogP contribution >= 0.6 is 31.9 Å². The minimum absolute atomic E-state index is 0.0539. The molecule has 0 unspecified atom stereocenters. The Hall–Kier alpha value is -2.73. The Labute approximate surface area is 214 Å². The fraction of sp³-hybridized carbons (Fsp3) is 0.130. The summed E-state index contributed by atoms with van der Waals surface area (Å²) in [6, 6.07) is 16.0. The maximum Gasteiger partial charge on any atom is 0.337 e. The number of carbonyl (C=O) groups excluding carboxylic acids is 1. The minimum atomic E-state index is -3.96. The van der Waals surface area contributed by atoms with Gasteiger partial charge in [-0.15, -0.1) is 0 Å². The van der Waals surface area contributed by atoms with Gasteiger partial charge in [0.25, 0.3) is 5.91 Å². The lowest BCUT2D eigenvalue weighted by Gasteiger charge is -2.14. The highest BCUT2D eigenvalue weighted by molar-refractivity contribution is 9.10. The molecule has 11 heteroatoms. The van der Waals surface area contributed by atoms with E-state index in [0.717, 1.165) is 11.3 Å². The van der Waals surface area contributed by atoms with Crippen LogP contribution in [0.1, 0.15) is 26.3 Å². The molecule has 0 heterocycles. The Bertz CT molecular complexity index is 1340. The average Bonchev–Trinajstić information content (AvgIpc) is 2.79. The number of hydrogen-bond acceptors (Lipinski definition) is 5. The Balaban J connectivity index is 1.81. The van der Waals surface area contributed by atoms with E-state index in [1.807, 2.05) is 43.3 Å². The predicted molar refractivity (Wildman–Crippen MR) is 138 cm³/mol. The van der Waals surface area contributed by atoms with Crippen molar-refractivity contribution in [1.82, 2.24) is 4.72 Å². The molecule has 0 spiro atoms. The molecule has 0 saturated carbocycles. The van der Waals surface area contributed by atoms with E-state index in [9.17, 15) is 23.1 Å². The van der Waals surface area contributed by atoms with Crippen LogP contribution in [0.3, 0.4) is 0 Å². The highest BCUT2D eigenvalue weighted by Crippen LogP contribution is 2.26. The molecule has 34 heavy (non-hydrogen) atoms. The standard InChI is InChI=1S/C23H21Br2N3O5S/c1-28(2)17-7-3-14(4-8-17)13-26-34(32,33)21-11-15(5-9-19(21)25)22(29)27-20-10-6-16(24)12-18(20)23(30)31/h3-12,26H,13H2,1-2H3,(H,27,29)(H,30,31). The van der Waals surface area contributed by atoms with Crippen LogP contribution in [0.4, 0.5) is 11.4 Å². The van der Waals surface area contributed by atoms with Crippen molar-refractivity contribution in [2.24, 2.45) is 0 Å². The smallest absolute Gasteiger partial charge is 0.337 e. The fourth-order valence-corrected chi connectivity index (χ4v) is 5.38. The number of amides is 1. The molecule has 0 atom stereocenters. The molecule has 0 aliphatic carbocycles. The summed E-state index contributed by atoms with van der Waals surface area (Å²) in [5, 5.41) is 11.9. The third kappa shape index (κ3) is 6.23. The number of benzene rings is 3. The Morgan fingerprint density at radius 2 is 1.65 bits per heavy atom. The van der Waals surface area contributed by atoms with Crippen molar-refractivity contribution in [2.45, 2.75) is 11.4 Å². The maximum atomic E-state index is 13.0. The quantitative estimate of drug-likeness (QED) is 0.340. The topological polar surface area (TPSA) is 116 Å². The number of nitrogens with zero attached hydrogens (tertiary/aromatic N) is 1. The molecule has 0 bridgehead atoms. The summed E-state index contributed by atoms with van der Waals surface area (Å²) in [6.45, 7) is 0.0692. The van der Waals surface area contributed by atoms with Gasteiger partial charge in [0.05, 0.1) is 16.1 Å². The first-order valence-electron chi connectivity index (χ1n) is 9.87. The molecule has 0 aliphatic heterocycles. The summed E-state index contributed by atoms with van der Waals surface area (Å²) >= 11 is 6.43. The number of carboxylic acids is 1. The van der Waals surface area contributed by atoms with Crippen molar-refractivity contribution in [1.29, 1.82) is 0 Å². The number of carboxylic acid groups (broad SMARTS) is 1. The number of rotatable bonds is 8. The highest BCUT2D eigenvalue weighted by Gasteiger charge is 2.21. The lowest BCUT2D eigenvalue weighted by atomic mass is 10.1. The summed E-state index contributed by atoms with van der Waals surface area (Å²) in [7, 11) is -0.131. The van der Waals surface area contributed by atoms with E-state index in [2.05, 4.69) is 41.9 Å². The normalized spacial score (nSPS) is 11.2. The molecule has 0 aromatic heterocycles. The molecule has 0 aliphatic rings. The maximum absolute atomic E-state index is 13.0. The summed E-state index contributed by atoms with van der Waals surface area (Å²) in [4.78, 5) is 26.1. The van der Waals surface area contributed by atoms with E-state index >= 15 is 0 Å². The van der Waals surface area contributed by atoms with Gasteiger partial charge in [-0.2, -0.15) is 0 Å². The molecular formula is C23H21Br2N3O5S. The van der Waals surface area contributed by atoms with Crippen molar-refractivity contribution in [3.8, 4) is 0 Å². The Morgan fingerprint density at radius 3 is 2.26 bits per heavy atom. The second-order valence-electron chi connectivity index (χ2n) is 7.48. The second-order valence-corrected chi connectivity index (χ2v) is 11.0. The van der Waals surface area contributed by atoms with Crippen molar-refractivity contribution >= 4 is 65.1 Å². The number of nitrogens with one attached hydrogen (secondary N) is 2. The van der Waals surface area contributed by atoms with Gasteiger partial charge in [-0.25, -0.2) is 17.9 Å². The van der Waals surface area contributed by atoms with Crippen LogP contribution in [-0.2, 0) is 16.6 Å². The van der Waals surface area contributed by atoms with Crippen LogP contribution in [0.2, 0.25) is 0 Å². The van der Waals surface area contributed by atoms with Crippen LogP contribution in [0.5, 0.6) is 0 Å². The van der Waals surface area contributed by atoms with Crippen molar-refractivity contribution in [3.05, 3.63) is 86.3 Å². The number of aromatic carboxylic acids is 1. The second kappa shape index (κ2) is 10.7. The van der Waals surface area contributed by atoms with Crippen LogP contribution < -0.4 is 14.9 Å². The van der Waals surface area contributed by atoms with Crippen molar-refractivity contribution < 1.29 is 23.1 Å². The zero-order chi connectivity index (χ0) is 25.0. The predicted octanol–water partition coefficient (Wildman–Crippen LogP) is 4.71. The van der Waals surface area contributed by atoms with Crippen molar-refractivity contribution in [2.75, 3.05) is 24.3 Å². The van der Waals surface area contributed by atoms with Crippen LogP contribution in [-0.4, -0.2) is 39.5 Å².